The Morgan fingerprint density at radius 2 is 1.69 bits per heavy atom. The molecule has 1 heterocycles. The molecule has 2 aromatic carbocycles. The Balaban J connectivity index is 1.62. The number of carbonyl (C=O) groups is 2. The molecule has 0 saturated carbocycles. The molecule has 5 heteroatoms. The number of piperidine rings is 1. The fraction of sp³-hybridized carbons (Fsp3) is 0.417. The van der Waals surface area contributed by atoms with Crippen LogP contribution in [0.3, 0.4) is 0 Å². The number of carbonyl (C=O) groups excluding carboxylic acids is 2. The predicted octanol–water partition coefficient (Wildman–Crippen LogP) is 4.47. The summed E-state index contributed by atoms with van der Waals surface area (Å²) in [7, 11) is 1.58. The monoisotopic (exact) mass is 395 g/mol. The summed E-state index contributed by atoms with van der Waals surface area (Å²) < 4.78 is 11.2. The number of benzene rings is 2. The molecule has 0 aromatic heterocycles. The maximum atomic E-state index is 12.9. The van der Waals surface area contributed by atoms with Crippen LogP contribution in [0.25, 0.3) is 0 Å². The minimum absolute atomic E-state index is 0.0252. The Kier molecular flexibility index (Phi) is 6.91. The molecule has 154 valence electrons. The Morgan fingerprint density at radius 1 is 1.00 bits per heavy atom. The largest absolute Gasteiger partial charge is 0.493 e. The summed E-state index contributed by atoms with van der Waals surface area (Å²) in [4.78, 5) is 27.4. The van der Waals surface area contributed by atoms with Crippen molar-refractivity contribution in [1.29, 1.82) is 0 Å². The van der Waals surface area contributed by atoms with Crippen LogP contribution in [0.1, 0.15) is 47.4 Å². The van der Waals surface area contributed by atoms with Gasteiger partial charge in [0.15, 0.2) is 17.3 Å². The van der Waals surface area contributed by atoms with E-state index >= 15 is 0 Å². The Bertz CT molecular complexity index is 839. The number of Topliss-reactive ketones (excluding diaryl/α,β-unsaturated/α-hetero) is 1. The van der Waals surface area contributed by atoms with E-state index in [4.69, 9.17) is 9.47 Å². The molecule has 0 spiro atoms. The topological polar surface area (TPSA) is 55.8 Å². The first kappa shape index (κ1) is 20.9. The van der Waals surface area contributed by atoms with Crippen molar-refractivity contribution in [1.82, 2.24) is 4.90 Å². The SMILES string of the molecule is COc1cc(C(=O)N2CCC(C(=O)c3ccccc3)CC2)ccc1OCC(C)C. The van der Waals surface area contributed by atoms with Gasteiger partial charge in [0.2, 0.25) is 0 Å². The molecule has 5 nitrogen and oxygen atoms in total. The maximum Gasteiger partial charge on any atom is 0.253 e. The molecule has 0 radical (unpaired) electrons. The molecule has 0 atom stereocenters. The summed E-state index contributed by atoms with van der Waals surface area (Å²) in [6.07, 6.45) is 1.37. The van der Waals surface area contributed by atoms with Crippen LogP contribution in [0.15, 0.2) is 48.5 Å². The molecule has 0 aliphatic carbocycles. The van der Waals surface area contributed by atoms with Crippen LogP contribution in [-0.4, -0.2) is 43.4 Å². The van der Waals surface area contributed by atoms with Gasteiger partial charge in [-0.25, -0.2) is 0 Å². The molecule has 1 aliphatic heterocycles. The summed E-state index contributed by atoms with van der Waals surface area (Å²) in [6, 6.07) is 14.7. The van der Waals surface area contributed by atoms with E-state index in [0.717, 1.165) is 5.56 Å². The van der Waals surface area contributed by atoms with Gasteiger partial charge in [0.05, 0.1) is 13.7 Å². The number of hydrogen-bond acceptors (Lipinski definition) is 4. The van der Waals surface area contributed by atoms with Crippen LogP contribution in [0.2, 0.25) is 0 Å². The molecule has 3 rings (SSSR count). The Morgan fingerprint density at radius 3 is 2.31 bits per heavy atom. The molecular weight excluding hydrogens is 366 g/mol. The van der Waals surface area contributed by atoms with Gasteiger partial charge in [-0.2, -0.15) is 0 Å². The lowest BCUT2D eigenvalue weighted by atomic mass is 9.88. The molecular formula is C24H29NO4. The lowest BCUT2D eigenvalue weighted by molar-refractivity contribution is 0.0650. The highest BCUT2D eigenvalue weighted by Gasteiger charge is 2.28. The van der Waals surface area contributed by atoms with Gasteiger partial charge in [-0.3, -0.25) is 9.59 Å². The highest BCUT2D eigenvalue weighted by Crippen LogP contribution is 2.30. The smallest absolute Gasteiger partial charge is 0.253 e. The van der Waals surface area contributed by atoms with E-state index in [1.54, 1.807) is 25.3 Å². The molecule has 29 heavy (non-hydrogen) atoms. The summed E-state index contributed by atoms with van der Waals surface area (Å²) >= 11 is 0. The quantitative estimate of drug-likeness (QED) is 0.649. The lowest BCUT2D eigenvalue weighted by Gasteiger charge is -2.31. The summed E-state index contributed by atoms with van der Waals surface area (Å²) in [5, 5.41) is 0. The minimum Gasteiger partial charge on any atom is -0.493 e. The van der Waals surface area contributed by atoms with Crippen LogP contribution in [-0.2, 0) is 0 Å². The average molecular weight is 395 g/mol. The van der Waals surface area contributed by atoms with Crippen molar-refractivity contribution in [3.63, 3.8) is 0 Å². The molecule has 1 amide bonds. The van der Waals surface area contributed by atoms with Gasteiger partial charge in [-0.15, -0.1) is 0 Å². The number of ether oxygens (including phenoxy) is 2. The lowest BCUT2D eigenvalue weighted by Crippen LogP contribution is -2.40. The van der Waals surface area contributed by atoms with Crippen molar-refractivity contribution in [2.75, 3.05) is 26.8 Å². The zero-order chi connectivity index (χ0) is 20.8. The number of likely N-dealkylation sites (tertiary alicyclic amines) is 1. The Hall–Kier alpha value is -2.82. The number of ketones is 1. The number of hydrogen-bond donors (Lipinski definition) is 0. The predicted molar refractivity (Wildman–Crippen MR) is 113 cm³/mol. The maximum absolute atomic E-state index is 12.9. The molecule has 1 fully saturated rings. The van der Waals surface area contributed by atoms with Crippen LogP contribution >= 0.6 is 0 Å². The van der Waals surface area contributed by atoms with Gasteiger partial charge in [-0.05, 0) is 37.0 Å². The average Bonchev–Trinajstić information content (AvgIpc) is 2.77. The van der Waals surface area contributed by atoms with E-state index in [1.807, 2.05) is 35.2 Å². The number of methoxy groups -OCH3 is 1. The van der Waals surface area contributed by atoms with Gasteiger partial charge < -0.3 is 14.4 Å². The number of nitrogens with zero attached hydrogens (tertiary/aromatic N) is 1. The molecule has 0 unspecified atom stereocenters. The molecule has 1 aliphatic rings. The first-order valence-electron chi connectivity index (χ1n) is 10.2. The second-order valence-corrected chi connectivity index (χ2v) is 7.87. The van der Waals surface area contributed by atoms with Crippen molar-refractivity contribution >= 4 is 11.7 Å². The van der Waals surface area contributed by atoms with Gasteiger partial charge in [-0.1, -0.05) is 44.2 Å². The molecule has 0 bridgehead atoms. The third-order valence-corrected chi connectivity index (χ3v) is 5.19. The van der Waals surface area contributed by atoms with E-state index in [9.17, 15) is 9.59 Å². The van der Waals surface area contributed by atoms with Crippen LogP contribution in [0, 0.1) is 11.8 Å². The second kappa shape index (κ2) is 9.59. The first-order chi connectivity index (χ1) is 14.0. The minimum atomic E-state index is -0.0377. The third kappa shape index (κ3) is 5.17. The van der Waals surface area contributed by atoms with Crippen molar-refractivity contribution in [2.45, 2.75) is 26.7 Å². The highest BCUT2D eigenvalue weighted by atomic mass is 16.5. The van der Waals surface area contributed by atoms with E-state index in [-0.39, 0.29) is 17.6 Å². The van der Waals surface area contributed by atoms with E-state index < -0.39 is 0 Å². The van der Waals surface area contributed by atoms with E-state index in [0.29, 0.717) is 55.5 Å². The van der Waals surface area contributed by atoms with Crippen molar-refractivity contribution in [2.24, 2.45) is 11.8 Å². The first-order valence-corrected chi connectivity index (χ1v) is 10.2. The van der Waals surface area contributed by atoms with E-state index in [1.165, 1.54) is 0 Å². The van der Waals surface area contributed by atoms with Crippen LogP contribution in [0.4, 0.5) is 0 Å². The molecule has 2 aromatic rings. The van der Waals surface area contributed by atoms with Gasteiger partial charge in [0.25, 0.3) is 5.91 Å². The van der Waals surface area contributed by atoms with Crippen molar-refractivity contribution in [3.05, 3.63) is 59.7 Å². The summed E-state index contributed by atoms with van der Waals surface area (Å²) in [5.74, 6) is 1.72. The summed E-state index contributed by atoms with van der Waals surface area (Å²) in [6.45, 7) is 5.91. The normalized spacial score (nSPS) is 14.7. The van der Waals surface area contributed by atoms with Gasteiger partial charge >= 0.3 is 0 Å². The van der Waals surface area contributed by atoms with Crippen LogP contribution < -0.4 is 9.47 Å². The standard InChI is InChI=1S/C24H29NO4/c1-17(2)16-29-21-10-9-20(15-22(21)28-3)24(27)25-13-11-19(12-14-25)23(26)18-7-5-4-6-8-18/h4-10,15,17,19H,11-14,16H2,1-3H3. The number of rotatable bonds is 7. The van der Waals surface area contributed by atoms with E-state index in [2.05, 4.69) is 13.8 Å². The highest BCUT2D eigenvalue weighted by molar-refractivity contribution is 5.98. The molecule has 1 saturated heterocycles. The van der Waals surface area contributed by atoms with Gasteiger partial charge in [0.1, 0.15) is 0 Å². The second-order valence-electron chi connectivity index (χ2n) is 7.87. The zero-order valence-electron chi connectivity index (χ0n) is 17.4. The van der Waals surface area contributed by atoms with Crippen molar-refractivity contribution in [3.8, 4) is 11.5 Å². The number of amides is 1. The fourth-order valence-corrected chi connectivity index (χ4v) is 3.54. The van der Waals surface area contributed by atoms with Crippen LogP contribution in [0.5, 0.6) is 11.5 Å². The fourth-order valence-electron chi connectivity index (χ4n) is 3.54. The van der Waals surface area contributed by atoms with Gasteiger partial charge in [0, 0.05) is 30.1 Å². The summed E-state index contributed by atoms with van der Waals surface area (Å²) in [5.41, 5.74) is 1.32. The zero-order valence-corrected chi connectivity index (χ0v) is 17.4. The van der Waals surface area contributed by atoms with Crippen molar-refractivity contribution < 1.29 is 19.1 Å². The Labute approximate surface area is 172 Å². The third-order valence-electron chi connectivity index (χ3n) is 5.19. The molecule has 0 N–H and O–H groups in total.